The van der Waals surface area contributed by atoms with Crippen LogP contribution in [0.15, 0.2) is 56.9 Å². The van der Waals surface area contributed by atoms with Crippen LogP contribution in [-0.2, 0) is 46.5 Å². The van der Waals surface area contributed by atoms with Crippen LogP contribution in [0.2, 0.25) is 0 Å². The van der Waals surface area contributed by atoms with Crippen LogP contribution in [-0.4, -0.2) is 171 Å². The molecule has 10 atom stereocenters. The van der Waals surface area contributed by atoms with Crippen LogP contribution in [0, 0.1) is 0 Å². The van der Waals surface area contributed by atoms with E-state index in [4.69, 9.17) is 44.4 Å². The number of thioether (sulfide) groups is 1. The molecule has 12 rings (SSSR count). The first-order valence-electron chi connectivity index (χ1n) is 28.2. The SMILES string of the molecule is CO/C(C)=C1/NC(=O)[C@H]([C@@H](C)O)NC(=O)c2csc(n2)-c2cc(O)c(-c3nc(C(N)=O)cs3)nc2-c2csc(n2)[C@@H]2CSC(=O)c3[nH]c4cccc5c4c3CO[C@H]([C@H](NC(=O)c3csc1n3)c1nc(cs1)C(=O)N2)[C@@H](O[C@H]1C[C@@](C)(O)[C@H](N(C)C)[C@H](C)O1)C(=O)OC5. The van der Waals surface area contributed by atoms with Gasteiger partial charge in [-0.25, -0.2) is 34.7 Å². The van der Waals surface area contributed by atoms with Crippen molar-refractivity contribution in [2.75, 3.05) is 27.0 Å². The lowest BCUT2D eigenvalue weighted by Crippen LogP contribution is -2.62. The van der Waals surface area contributed by atoms with E-state index in [1.807, 2.05) is 4.90 Å². The molecular formula is C58H57N13O15S6. The van der Waals surface area contributed by atoms with Crippen molar-refractivity contribution in [1.82, 2.24) is 61.1 Å². The maximum absolute atomic E-state index is 15.1. The minimum atomic E-state index is -1.81. The summed E-state index contributed by atoms with van der Waals surface area (Å²) >= 11 is 5.73. The Balaban J connectivity index is 1.04. The molecule has 12 bridgehead atoms. The average molecular weight is 1370 g/mol. The number of rotatable bonds is 7. The summed E-state index contributed by atoms with van der Waals surface area (Å²) < 4.78 is 31.8. The van der Waals surface area contributed by atoms with Crippen LogP contribution >= 0.6 is 68.4 Å². The summed E-state index contributed by atoms with van der Waals surface area (Å²) in [7, 11) is 4.92. The third kappa shape index (κ3) is 12.6. The van der Waals surface area contributed by atoms with Crippen molar-refractivity contribution in [1.29, 1.82) is 0 Å². The summed E-state index contributed by atoms with van der Waals surface area (Å²) in [6, 6.07) is 1.78. The maximum atomic E-state index is 15.1. The number of carbonyl (C=O) groups is 7. The topological polar surface area (TPSA) is 397 Å². The molecule has 10 N–H and O–H groups in total. The van der Waals surface area contributed by atoms with Crippen LogP contribution in [0.25, 0.3) is 49.3 Å². The molecule has 1 fully saturated rings. The van der Waals surface area contributed by atoms with Crippen LogP contribution in [0.1, 0.15) is 125 Å². The third-order valence-corrected chi connectivity index (χ3v) is 21.1. The number of aromatic hydroxyl groups is 1. The molecule has 8 aromatic rings. The zero-order valence-electron chi connectivity index (χ0n) is 49.6. The molecule has 0 saturated carbocycles. The van der Waals surface area contributed by atoms with Crippen LogP contribution in [0.4, 0.5) is 0 Å². The normalized spacial score (nSPS) is 25.0. The van der Waals surface area contributed by atoms with Gasteiger partial charge in [-0.05, 0) is 59.5 Å². The van der Waals surface area contributed by atoms with Crippen molar-refractivity contribution < 1.29 is 72.6 Å². The average Bonchev–Trinajstić information content (AvgIpc) is 1.43. The lowest BCUT2D eigenvalue weighted by atomic mass is 9.85. The number of aromatic nitrogens is 7. The van der Waals surface area contributed by atoms with Crippen LogP contribution in [0.5, 0.6) is 5.75 Å². The number of cyclic esters (lactones) is 1. The number of allylic oxidation sites excluding steroid dienone is 1. The van der Waals surface area contributed by atoms with Gasteiger partial charge >= 0.3 is 5.97 Å². The molecule has 11 heterocycles. The molecule has 5 amide bonds. The number of nitrogens with two attached hydrogens (primary N) is 1. The second-order valence-electron chi connectivity index (χ2n) is 22.3. The van der Waals surface area contributed by atoms with Gasteiger partial charge < -0.3 is 75.9 Å². The standard InChI is InChI=1S/C58H57N13O15S6/c1-21(72)37-50(78)69-38(22(2)82-7)53-65-32(19-90-53)49(77)70-42-43-44(86-35-12-58(4,81)45(71(5)6)23(3)85-35)56(79)84-13-24-9-8-10-27-36(24)26(14-83-43)40(60-27)57(80)92-20-33(61-47(75)30-18-91-55(42)66-30)52-62-28(15-88-52)39-25(51-64-31(17-87-51)48(76)68-37)11-34(73)41(67-39)54-63-29(16-89-54)46(59)74/h8-11,15-19,21,23,33,35,37,42-45,60,72-73,81H,12-14,20H2,1-7H3,(H2,59,74)(H,61,75)(H,68,76)(H,69,78)(H,70,77)/b38-22+/t21-,23+,33+,35+,37+,42+,43-,44-,45-,58-/m1/s1. The van der Waals surface area contributed by atoms with Gasteiger partial charge in [-0.3, -0.25) is 28.8 Å². The number of primary amides is 1. The summed E-state index contributed by atoms with van der Waals surface area (Å²) in [5, 5.41) is 53.7. The molecule has 0 aliphatic carbocycles. The second-order valence-corrected chi connectivity index (χ2v) is 27.6. The Morgan fingerprint density at radius 3 is 2.23 bits per heavy atom. The number of fused-ring (bicyclic) bond motifs is 15. The number of hydrogen-bond acceptors (Lipinski definition) is 28. The molecule has 0 unspecified atom stereocenters. The van der Waals surface area contributed by atoms with E-state index in [0.717, 1.165) is 68.4 Å². The third-order valence-electron chi connectivity index (χ3n) is 15.6. The quantitative estimate of drug-likeness (QED) is 0.0725. The predicted molar refractivity (Wildman–Crippen MR) is 338 cm³/mol. The van der Waals surface area contributed by atoms with Gasteiger partial charge in [-0.1, -0.05) is 23.9 Å². The number of esters is 1. The van der Waals surface area contributed by atoms with E-state index in [0.29, 0.717) is 22.0 Å². The molecule has 92 heavy (non-hydrogen) atoms. The fourth-order valence-electron chi connectivity index (χ4n) is 11.4. The molecular weight excluding hydrogens is 1310 g/mol. The predicted octanol–water partition coefficient (Wildman–Crippen LogP) is 5.27. The van der Waals surface area contributed by atoms with Gasteiger partial charge in [0.05, 0.1) is 49.3 Å². The highest BCUT2D eigenvalue weighted by molar-refractivity contribution is 8.14. The number of aromatic amines is 1. The molecule has 28 nitrogen and oxygen atoms in total. The Morgan fingerprint density at radius 1 is 0.837 bits per heavy atom. The highest BCUT2D eigenvalue weighted by atomic mass is 32.2. The van der Waals surface area contributed by atoms with E-state index in [1.54, 1.807) is 51.5 Å². The molecule has 1 aromatic carbocycles. The number of carbonyl (C=O) groups excluding carboxylic acids is 7. The fourth-order valence-corrected chi connectivity index (χ4v) is 16.6. The number of nitrogens with zero attached hydrogens (tertiary/aromatic N) is 7. The molecule has 7 aromatic heterocycles. The van der Waals surface area contributed by atoms with Crippen molar-refractivity contribution in [3.63, 3.8) is 0 Å². The highest BCUT2D eigenvalue weighted by Gasteiger charge is 2.50. The van der Waals surface area contributed by atoms with Gasteiger partial charge in [0.2, 0.25) is 11.0 Å². The number of thiazole rings is 5. The van der Waals surface area contributed by atoms with Gasteiger partial charge in [0.15, 0.2) is 12.4 Å². The number of hydrogen-bond donors (Lipinski definition) is 9. The maximum Gasteiger partial charge on any atom is 0.338 e. The number of methoxy groups -OCH3 is 1. The number of ether oxygens (including phenoxy) is 5. The largest absolute Gasteiger partial charge is 0.506 e. The van der Waals surface area contributed by atoms with Gasteiger partial charge in [-0.2, -0.15) is 0 Å². The Hall–Kier alpha value is -8.00. The summed E-state index contributed by atoms with van der Waals surface area (Å²) in [6.07, 6.45) is -7.09. The first-order chi connectivity index (χ1) is 43.9. The number of H-pyrrole nitrogens is 1. The Kier molecular flexibility index (Phi) is 18.0. The van der Waals surface area contributed by atoms with Crippen LogP contribution < -0.4 is 27.0 Å². The first-order valence-corrected chi connectivity index (χ1v) is 33.6. The van der Waals surface area contributed by atoms with Gasteiger partial charge in [0, 0.05) is 61.1 Å². The molecule has 480 valence electrons. The number of aliphatic hydroxyl groups excluding tert-OH is 1. The van der Waals surface area contributed by atoms with Crippen molar-refractivity contribution in [2.45, 2.75) is 108 Å². The summed E-state index contributed by atoms with van der Waals surface area (Å²) in [6.45, 7) is 5.43. The Bertz CT molecular complexity index is 4300. The molecule has 0 radical (unpaired) electrons. The number of pyridine rings is 1. The lowest BCUT2D eigenvalue weighted by molar-refractivity contribution is -0.280. The smallest absolute Gasteiger partial charge is 0.338 e. The fraction of sp³-hybridized carbons (Fsp3) is 0.362. The van der Waals surface area contributed by atoms with Crippen molar-refractivity contribution >= 4 is 126 Å². The van der Waals surface area contributed by atoms with E-state index in [-0.39, 0.29) is 106 Å². The van der Waals surface area contributed by atoms with Crippen molar-refractivity contribution in [2.24, 2.45) is 5.73 Å². The van der Waals surface area contributed by atoms with E-state index < -0.39 is 113 Å². The van der Waals surface area contributed by atoms with E-state index in [2.05, 4.69) is 41.2 Å². The summed E-state index contributed by atoms with van der Waals surface area (Å²) in [4.78, 5) is 134. The molecule has 1 saturated heterocycles. The summed E-state index contributed by atoms with van der Waals surface area (Å²) in [5.74, 6) is -5.70. The monoisotopic (exact) mass is 1370 g/mol. The highest BCUT2D eigenvalue weighted by Crippen LogP contribution is 2.43. The summed E-state index contributed by atoms with van der Waals surface area (Å²) in [5.41, 5.74) is 5.13. The minimum absolute atomic E-state index is 0.0132. The zero-order chi connectivity index (χ0) is 65.2. The van der Waals surface area contributed by atoms with E-state index in [9.17, 15) is 34.5 Å². The second kappa shape index (κ2) is 25.8. The lowest BCUT2D eigenvalue weighted by Gasteiger charge is -2.48. The van der Waals surface area contributed by atoms with Gasteiger partial charge in [0.25, 0.3) is 23.6 Å². The molecule has 34 heteroatoms. The number of benzene rings is 1. The van der Waals surface area contributed by atoms with Gasteiger partial charge in [-0.15, -0.1) is 56.7 Å². The first kappa shape index (κ1) is 64.1. The minimum Gasteiger partial charge on any atom is -0.506 e. The van der Waals surface area contributed by atoms with Gasteiger partial charge in [0.1, 0.15) is 107 Å². The number of amides is 5. The molecule has 4 aliphatic heterocycles. The Labute approximate surface area is 546 Å². The van der Waals surface area contributed by atoms with Crippen molar-refractivity contribution in [3.05, 3.63) is 112 Å². The molecule has 0 spiro atoms. The van der Waals surface area contributed by atoms with E-state index >= 15 is 14.4 Å². The molecule has 4 aliphatic rings. The number of nitrogens with one attached hydrogen (secondary N) is 5. The van der Waals surface area contributed by atoms with E-state index in [1.165, 1.54) is 48.5 Å². The number of aliphatic hydroxyl groups is 2. The number of likely N-dealkylation sites (N-methyl/N-ethyl adjacent to an activating group) is 1. The zero-order valence-corrected chi connectivity index (χ0v) is 54.5. The Morgan fingerprint density at radius 2 is 1.51 bits per heavy atom. The van der Waals surface area contributed by atoms with Crippen molar-refractivity contribution in [3.8, 4) is 38.4 Å². The van der Waals surface area contributed by atoms with Crippen LogP contribution in [0.3, 0.4) is 0 Å².